The van der Waals surface area contributed by atoms with Gasteiger partial charge in [0.15, 0.2) is 0 Å². The first-order valence-electron chi connectivity index (χ1n) is 6.21. The molecular formula is C12H25NO5. The predicted molar refractivity (Wildman–Crippen MR) is 67.8 cm³/mol. The van der Waals surface area contributed by atoms with E-state index in [1.807, 2.05) is 13.8 Å². The van der Waals surface area contributed by atoms with Crippen molar-refractivity contribution < 1.29 is 24.1 Å². The quantitative estimate of drug-likeness (QED) is 0.500. The van der Waals surface area contributed by atoms with E-state index in [1.165, 1.54) is 0 Å². The highest BCUT2D eigenvalue weighted by atomic mass is 16.5. The molecule has 6 nitrogen and oxygen atoms in total. The normalized spacial score (nSPS) is 12.9. The van der Waals surface area contributed by atoms with Gasteiger partial charge in [-0.15, -0.1) is 0 Å². The average molecular weight is 263 g/mol. The molecule has 0 amide bonds. The van der Waals surface area contributed by atoms with Gasteiger partial charge in [0.1, 0.15) is 6.04 Å². The zero-order chi connectivity index (χ0) is 13.8. The third-order valence-corrected chi connectivity index (χ3v) is 2.13. The lowest BCUT2D eigenvalue weighted by molar-refractivity contribution is -0.141. The topological polar surface area (TPSA) is 77.0 Å². The summed E-state index contributed by atoms with van der Waals surface area (Å²) in [5, 5.41) is 11.9. The maximum Gasteiger partial charge on any atom is 0.323 e. The number of rotatable bonds is 12. The van der Waals surface area contributed by atoms with E-state index >= 15 is 0 Å². The minimum atomic E-state index is -0.898. The zero-order valence-corrected chi connectivity index (χ0v) is 11.5. The Morgan fingerprint density at radius 3 is 2.39 bits per heavy atom. The van der Waals surface area contributed by atoms with Crippen LogP contribution in [-0.2, 0) is 19.0 Å². The number of hydrogen-bond acceptors (Lipinski definition) is 5. The number of carboxylic acid groups (broad SMARTS) is 1. The molecule has 0 saturated carbocycles. The van der Waals surface area contributed by atoms with Crippen molar-refractivity contribution in [1.29, 1.82) is 0 Å². The van der Waals surface area contributed by atoms with Crippen molar-refractivity contribution in [2.45, 2.75) is 32.4 Å². The lowest BCUT2D eigenvalue weighted by Gasteiger charge is -2.17. The Bertz CT molecular complexity index is 211. The third kappa shape index (κ3) is 10.5. The average Bonchev–Trinajstić information content (AvgIpc) is 2.30. The van der Waals surface area contributed by atoms with Crippen molar-refractivity contribution in [3.63, 3.8) is 0 Å². The standard InChI is InChI=1S/C12H25NO5/c1-10(2)13-11(12(14)15)9-18-8-7-17-6-4-5-16-3/h10-11,13H,4-9H2,1-3H3,(H,14,15). The molecule has 0 aromatic heterocycles. The number of aliphatic carboxylic acids is 1. The molecule has 0 aliphatic rings. The van der Waals surface area contributed by atoms with Crippen LogP contribution in [0.15, 0.2) is 0 Å². The van der Waals surface area contributed by atoms with Crippen molar-refractivity contribution in [2.75, 3.05) is 40.1 Å². The summed E-state index contributed by atoms with van der Waals surface area (Å²) >= 11 is 0. The van der Waals surface area contributed by atoms with E-state index < -0.39 is 12.0 Å². The zero-order valence-electron chi connectivity index (χ0n) is 11.5. The van der Waals surface area contributed by atoms with Gasteiger partial charge in [0.2, 0.25) is 0 Å². The first-order chi connectivity index (χ1) is 8.57. The van der Waals surface area contributed by atoms with Crippen LogP contribution in [0.5, 0.6) is 0 Å². The van der Waals surface area contributed by atoms with Gasteiger partial charge in [-0.05, 0) is 6.42 Å². The molecule has 0 fully saturated rings. The first kappa shape index (κ1) is 17.3. The van der Waals surface area contributed by atoms with Gasteiger partial charge in [0.05, 0.1) is 19.8 Å². The second-order valence-electron chi connectivity index (χ2n) is 4.25. The van der Waals surface area contributed by atoms with Crippen LogP contribution in [0.25, 0.3) is 0 Å². The second kappa shape index (κ2) is 11.4. The Hall–Kier alpha value is -0.690. The van der Waals surface area contributed by atoms with Crippen LogP contribution in [0.4, 0.5) is 0 Å². The number of carboxylic acids is 1. The van der Waals surface area contributed by atoms with Crippen molar-refractivity contribution in [1.82, 2.24) is 5.32 Å². The number of methoxy groups -OCH3 is 1. The van der Waals surface area contributed by atoms with Crippen LogP contribution in [0.1, 0.15) is 20.3 Å². The molecule has 2 N–H and O–H groups in total. The van der Waals surface area contributed by atoms with E-state index in [0.717, 1.165) is 6.42 Å². The molecule has 1 unspecified atom stereocenters. The summed E-state index contributed by atoms with van der Waals surface area (Å²) < 4.78 is 15.4. The molecule has 0 heterocycles. The Labute approximate surface area is 109 Å². The summed E-state index contributed by atoms with van der Waals surface area (Å²) in [6.07, 6.45) is 0.850. The molecule has 0 radical (unpaired) electrons. The highest BCUT2D eigenvalue weighted by Crippen LogP contribution is 1.91. The highest BCUT2D eigenvalue weighted by molar-refractivity contribution is 5.73. The van der Waals surface area contributed by atoms with Crippen molar-refractivity contribution in [3.8, 4) is 0 Å². The summed E-state index contributed by atoms with van der Waals surface area (Å²) in [5.74, 6) is -0.898. The van der Waals surface area contributed by atoms with Gasteiger partial charge in [-0.1, -0.05) is 13.8 Å². The van der Waals surface area contributed by atoms with Crippen molar-refractivity contribution in [2.24, 2.45) is 0 Å². The van der Waals surface area contributed by atoms with Gasteiger partial charge in [-0.3, -0.25) is 4.79 Å². The summed E-state index contributed by atoms with van der Waals surface area (Å²) in [6.45, 7) is 6.12. The summed E-state index contributed by atoms with van der Waals surface area (Å²) in [7, 11) is 1.65. The molecular weight excluding hydrogens is 238 g/mol. The fraction of sp³-hybridized carbons (Fsp3) is 0.917. The van der Waals surface area contributed by atoms with Gasteiger partial charge >= 0.3 is 5.97 Å². The Morgan fingerprint density at radius 2 is 1.83 bits per heavy atom. The first-order valence-corrected chi connectivity index (χ1v) is 6.21. The van der Waals surface area contributed by atoms with Crippen LogP contribution < -0.4 is 5.32 Å². The SMILES string of the molecule is COCCCOCCOCC(NC(C)C)C(=O)O. The number of ether oxygens (including phenoxy) is 3. The number of nitrogens with one attached hydrogen (secondary N) is 1. The molecule has 0 aliphatic carbocycles. The maximum atomic E-state index is 10.9. The molecule has 0 aromatic rings. The van der Waals surface area contributed by atoms with Gasteiger partial charge in [-0.2, -0.15) is 0 Å². The predicted octanol–water partition coefficient (Wildman–Crippen LogP) is 0.507. The van der Waals surface area contributed by atoms with Gasteiger partial charge in [0, 0.05) is 26.4 Å². The summed E-state index contributed by atoms with van der Waals surface area (Å²) in [4.78, 5) is 10.9. The van der Waals surface area contributed by atoms with Gasteiger partial charge < -0.3 is 24.6 Å². The van der Waals surface area contributed by atoms with E-state index in [9.17, 15) is 4.79 Å². The van der Waals surface area contributed by atoms with Crippen LogP contribution in [-0.4, -0.2) is 63.3 Å². The van der Waals surface area contributed by atoms with E-state index in [-0.39, 0.29) is 12.6 Å². The van der Waals surface area contributed by atoms with Gasteiger partial charge in [-0.25, -0.2) is 0 Å². The van der Waals surface area contributed by atoms with Crippen LogP contribution in [0.3, 0.4) is 0 Å². The minimum Gasteiger partial charge on any atom is -0.480 e. The Balaban J connectivity index is 3.47. The second-order valence-corrected chi connectivity index (χ2v) is 4.25. The maximum absolute atomic E-state index is 10.9. The van der Waals surface area contributed by atoms with Gasteiger partial charge in [0.25, 0.3) is 0 Å². The van der Waals surface area contributed by atoms with Crippen LogP contribution in [0.2, 0.25) is 0 Å². The van der Waals surface area contributed by atoms with E-state index in [1.54, 1.807) is 7.11 Å². The van der Waals surface area contributed by atoms with Crippen molar-refractivity contribution in [3.05, 3.63) is 0 Å². The fourth-order valence-corrected chi connectivity index (χ4v) is 1.32. The summed E-state index contributed by atoms with van der Waals surface area (Å²) in [6, 6.07) is -0.557. The molecule has 0 saturated heterocycles. The third-order valence-electron chi connectivity index (χ3n) is 2.13. The molecule has 0 aromatic carbocycles. The molecule has 6 heteroatoms. The molecule has 108 valence electrons. The molecule has 18 heavy (non-hydrogen) atoms. The molecule has 0 bridgehead atoms. The minimum absolute atomic E-state index is 0.111. The molecule has 1 atom stereocenters. The highest BCUT2D eigenvalue weighted by Gasteiger charge is 2.17. The smallest absolute Gasteiger partial charge is 0.323 e. The monoisotopic (exact) mass is 263 g/mol. The fourth-order valence-electron chi connectivity index (χ4n) is 1.32. The number of hydrogen-bond donors (Lipinski definition) is 2. The Morgan fingerprint density at radius 1 is 1.17 bits per heavy atom. The van der Waals surface area contributed by atoms with E-state index in [4.69, 9.17) is 19.3 Å². The largest absolute Gasteiger partial charge is 0.480 e. The lowest BCUT2D eigenvalue weighted by Crippen LogP contribution is -2.44. The number of carbonyl (C=O) groups is 1. The Kier molecular flexibility index (Phi) is 11.0. The van der Waals surface area contributed by atoms with E-state index in [0.29, 0.717) is 26.4 Å². The lowest BCUT2D eigenvalue weighted by atomic mass is 10.2. The molecule has 0 rings (SSSR count). The van der Waals surface area contributed by atoms with E-state index in [2.05, 4.69) is 5.32 Å². The van der Waals surface area contributed by atoms with Crippen LogP contribution >= 0.6 is 0 Å². The van der Waals surface area contributed by atoms with Crippen molar-refractivity contribution >= 4 is 5.97 Å². The molecule has 0 spiro atoms. The molecule has 0 aliphatic heterocycles. The summed E-state index contributed by atoms with van der Waals surface area (Å²) in [5.41, 5.74) is 0. The van der Waals surface area contributed by atoms with Crippen LogP contribution in [0, 0.1) is 0 Å².